The Balaban J connectivity index is 3.20. The molecule has 18 heavy (non-hydrogen) atoms. The average Bonchev–Trinajstić information content (AvgIpc) is 2.38. The second-order valence-electron chi connectivity index (χ2n) is 3.51. The molecular formula is C13H14ClNO3. The third kappa shape index (κ3) is 3.14. The standard InChI is InChI=1S/C13H14ClNO3/c1-3-18-13(16)6-10-11(8-15)9(7-14)4-5-12(10)17-2/h4-5H,3,6-7H2,1-2H3. The molecule has 0 saturated heterocycles. The maximum absolute atomic E-state index is 11.5. The van der Waals surface area contributed by atoms with Gasteiger partial charge in [0.1, 0.15) is 5.75 Å². The van der Waals surface area contributed by atoms with Crippen molar-refractivity contribution in [2.45, 2.75) is 19.2 Å². The predicted octanol–water partition coefficient (Wildman–Crippen LogP) is 2.41. The Kier molecular flexibility index (Phi) is 5.47. The van der Waals surface area contributed by atoms with Gasteiger partial charge in [-0.05, 0) is 18.6 Å². The van der Waals surface area contributed by atoms with Crippen LogP contribution in [0, 0.1) is 11.3 Å². The van der Waals surface area contributed by atoms with Crippen molar-refractivity contribution in [1.82, 2.24) is 0 Å². The summed E-state index contributed by atoms with van der Waals surface area (Å²) in [5.74, 6) is 0.315. The maximum Gasteiger partial charge on any atom is 0.310 e. The Morgan fingerprint density at radius 2 is 2.22 bits per heavy atom. The van der Waals surface area contributed by atoms with Gasteiger partial charge in [-0.15, -0.1) is 11.6 Å². The third-order valence-electron chi connectivity index (χ3n) is 2.46. The first-order chi connectivity index (χ1) is 8.67. The molecule has 5 heteroatoms. The summed E-state index contributed by atoms with van der Waals surface area (Å²) in [6.07, 6.45) is 0.00460. The van der Waals surface area contributed by atoms with Gasteiger partial charge in [0, 0.05) is 11.4 Å². The van der Waals surface area contributed by atoms with Crippen LogP contribution >= 0.6 is 11.6 Å². The molecule has 0 unspecified atom stereocenters. The van der Waals surface area contributed by atoms with Crippen molar-refractivity contribution < 1.29 is 14.3 Å². The zero-order chi connectivity index (χ0) is 13.5. The molecule has 0 aliphatic rings. The van der Waals surface area contributed by atoms with Gasteiger partial charge in [0.2, 0.25) is 0 Å². The Bertz CT molecular complexity index is 480. The Hall–Kier alpha value is -1.73. The first-order valence-corrected chi connectivity index (χ1v) is 6.01. The molecule has 0 bridgehead atoms. The van der Waals surface area contributed by atoms with Gasteiger partial charge >= 0.3 is 5.97 Å². The van der Waals surface area contributed by atoms with Crippen molar-refractivity contribution in [3.05, 3.63) is 28.8 Å². The number of ether oxygens (including phenoxy) is 2. The summed E-state index contributed by atoms with van der Waals surface area (Å²) in [6, 6.07) is 5.49. The van der Waals surface area contributed by atoms with Crippen molar-refractivity contribution in [3.63, 3.8) is 0 Å². The van der Waals surface area contributed by atoms with E-state index in [0.717, 1.165) is 0 Å². The minimum atomic E-state index is -0.390. The van der Waals surface area contributed by atoms with E-state index < -0.39 is 0 Å². The van der Waals surface area contributed by atoms with Crippen LogP contribution in [0.5, 0.6) is 5.75 Å². The van der Waals surface area contributed by atoms with E-state index in [4.69, 9.17) is 21.1 Å². The van der Waals surface area contributed by atoms with E-state index in [1.54, 1.807) is 19.1 Å². The number of nitrogens with zero attached hydrogens (tertiary/aromatic N) is 1. The summed E-state index contributed by atoms with van der Waals surface area (Å²) >= 11 is 5.77. The van der Waals surface area contributed by atoms with Crippen molar-refractivity contribution in [1.29, 1.82) is 5.26 Å². The molecule has 0 N–H and O–H groups in total. The fraction of sp³-hybridized carbons (Fsp3) is 0.385. The number of hydrogen-bond donors (Lipinski definition) is 0. The number of nitriles is 1. The van der Waals surface area contributed by atoms with Crippen LogP contribution in [0.4, 0.5) is 0 Å². The molecule has 4 nitrogen and oxygen atoms in total. The SMILES string of the molecule is CCOC(=O)Cc1c(OC)ccc(CCl)c1C#N. The van der Waals surface area contributed by atoms with Gasteiger partial charge in [0.15, 0.2) is 0 Å². The summed E-state index contributed by atoms with van der Waals surface area (Å²) < 4.78 is 10.0. The average molecular weight is 268 g/mol. The molecule has 0 atom stereocenters. The Morgan fingerprint density at radius 1 is 1.50 bits per heavy atom. The van der Waals surface area contributed by atoms with Gasteiger partial charge in [-0.25, -0.2) is 0 Å². The quantitative estimate of drug-likeness (QED) is 0.607. The number of benzene rings is 1. The summed E-state index contributed by atoms with van der Waals surface area (Å²) in [6.45, 7) is 2.04. The zero-order valence-electron chi connectivity index (χ0n) is 10.3. The van der Waals surface area contributed by atoms with E-state index >= 15 is 0 Å². The van der Waals surface area contributed by atoms with Crippen LogP contribution in [0.2, 0.25) is 0 Å². The van der Waals surface area contributed by atoms with Crippen LogP contribution in [-0.4, -0.2) is 19.7 Å². The molecule has 0 radical (unpaired) electrons. The third-order valence-corrected chi connectivity index (χ3v) is 2.75. The number of rotatable bonds is 5. The zero-order valence-corrected chi connectivity index (χ0v) is 11.1. The van der Waals surface area contributed by atoms with Gasteiger partial charge in [-0.3, -0.25) is 4.79 Å². The Labute approximate surface area is 111 Å². The second-order valence-corrected chi connectivity index (χ2v) is 3.77. The number of carbonyl (C=O) groups excluding carboxylic acids is 1. The van der Waals surface area contributed by atoms with Crippen molar-refractivity contribution >= 4 is 17.6 Å². The number of alkyl halides is 1. The lowest BCUT2D eigenvalue weighted by Crippen LogP contribution is -2.10. The van der Waals surface area contributed by atoms with E-state index in [2.05, 4.69) is 6.07 Å². The van der Waals surface area contributed by atoms with Crippen molar-refractivity contribution in [3.8, 4) is 11.8 Å². The molecule has 1 rings (SSSR count). The Morgan fingerprint density at radius 3 is 2.72 bits per heavy atom. The van der Waals surface area contributed by atoms with Gasteiger partial charge in [0.05, 0.1) is 31.8 Å². The van der Waals surface area contributed by atoms with E-state index in [0.29, 0.717) is 29.0 Å². The largest absolute Gasteiger partial charge is 0.496 e. The van der Waals surface area contributed by atoms with Gasteiger partial charge in [-0.2, -0.15) is 5.26 Å². The van der Waals surface area contributed by atoms with Crippen molar-refractivity contribution in [2.24, 2.45) is 0 Å². The highest BCUT2D eigenvalue weighted by Crippen LogP contribution is 2.27. The molecule has 0 saturated carbocycles. The summed E-state index contributed by atoms with van der Waals surface area (Å²) in [7, 11) is 1.49. The predicted molar refractivity (Wildman–Crippen MR) is 67.6 cm³/mol. The topological polar surface area (TPSA) is 59.3 Å². The first-order valence-electron chi connectivity index (χ1n) is 5.48. The van der Waals surface area contributed by atoms with Crippen LogP contribution in [0.15, 0.2) is 12.1 Å². The van der Waals surface area contributed by atoms with Crippen LogP contribution in [-0.2, 0) is 21.8 Å². The molecule has 0 spiro atoms. The molecule has 1 aromatic rings. The lowest BCUT2D eigenvalue weighted by atomic mass is 9.99. The fourth-order valence-corrected chi connectivity index (χ4v) is 1.87. The number of hydrogen-bond acceptors (Lipinski definition) is 4. The van der Waals surface area contributed by atoms with Crippen LogP contribution < -0.4 is 4.74 Å². The lowest BCUT2D eigenvalue weighted by Gasteiger charge is -2.12. The minimum Gasteiger partial charge on any atom is -0.496 e. The number of methoxy groups -OCH3 is 1. The van der Waals surface area contributed by atoms with Gasteiger partial charge < -0.3 is 9.47 Å². The second kappa shape index (κ2) is 6.87. The van der Waals surface area contributed by atoms with E-state index in [1.165, 1.54) is 7.11 Å². The molecule has 0 amide bonds. The first kappa shape index (κ1) is 14.3. The molecule has 0 heterocycles. The number of carbonyl (C=O) groups is 1. The minimum absolute atomic E-state index is 0.00460. The number of esters is 1. The van der Waals surface area contributed by atoms with E-state index in [-0.39, 0.29) is 18.3 Å². The van der Waals surface area contributed by atoms with E-state index in [1.807, 2.05) is 0 Å². The van der Waals surface area contributed by atoms with Crippen molar-refractivity contribution in [2.75, 3.05) is 13.7 Å². The van der Waals surface area contributed by atoms with Gasteiger partial charge in [0.25, 0.3) is 0 Å². The molecule has 0 aliphatic carbocycles. The molecular weight excluding hydrogens is 254 g/mol. The number of halogens is 1. The summed E-state index contributed by atoms with van der Waals surface area (Å²) in [5.41, 5.74) is 1.59. The molecule has 0 aromatic heterocycles. The summed E-state index contributed by atoms with van der Waals surface area (Å²) in [5, 5.41) is 9.18. The van der Waals surface area contributed by atoms with Crippen LogP contribution in [0.3, 0.4) is 0 Å². The molecule has 0 fully saturated rings. The monoisotopic (exact) mass is 267 g/mol. The molecule has 1 aromatic carbocycles. The van der Waals surface area contributed by atoms with Gasteiger partial charge in [-0.1, -0.05) is 6.07 Å². The highest BCUT2D eigenvalue weighted by molar-refractivity contribution is 6.17. The highest BCUT2D eigenvalue weighted by Gasteiger charge is 2.17. The molecule has 0 aliphatic heterocycles. The fourth-order valence-electron chi connectivity index (χ4n) is 1.65. The van der Waals surface area contributed by atoms with E-state index in [9.17, 15) is 10.1 Å². The van der Waals surface area contributed by atoms with Crippen LogP contribution in [0.25, 0.3) is 0 Å². The highest BCUT2D eigenvalue weighted by atomic mass is 35.5. The smallest absolute Gasteiger partial charge is 0.310 e. The summed E-state index contributed by atoms with van der Waals surface area (Å²) in [4.78, 5) is 11.5. The van der Waals surface area contributed by atoms with Crippen LogP contribution in [0.1, 0.15) is 23.6 Å². The lowest BCUT2D eigenvalue weighted by molar-refractivity contribution is -0.142. The molecule has 96 valence electrons. The maximum atomic E-state index is 11.5. The normalized spacial score (nSPS) is 9.67.